The van der Waals surface area contributed by atoms with Gasteiger partial charge in [0.2, 0.25) is 5.95 Å². The van der Waals surface area contributed by atoms with Crippen LogP contribution in [-0.4, -0.2) is 84.7 Å². The van der Waals surface area contributed by atoms with Crippen molar-refractivity contribution in [1.82, 2.24) is 25.1 Å². The number of amides is 2. The van der Waals surface area contributed by atoms with Gasteiger partial charge in [-0.15, -0.1) is 0 Å². The number of carbonyl (C=O) groups is 1. The Labute approximate surface area is 208 Å². The average molecular weight is 482 g/mol. The molecule has 3 heterocycles. The maximum Gasteiger partial charge on any atom is 0.317 e. The number of hydrogen-bond donors (Lipinski definition) is 2. The summed E-state index contributed by atoms with van der Waals surface area (Å²) >= 11 is 0. The minimum absolute atomic E-state index is 0.00626. The number of anilines is 2. The third-order valence-electron chi connectivity index (χ3n) is 7.07. The van der Waals surface area contributed by atoms with Crippen LogP contribution in [0, 0.1) is 13.8 Å². The summed E-state index contributed by atoms with van der Waals surface area (Å²) in [6.07, 6.45) is 2.05. The fraction of sp³-hybridized carbons (Fsp3) is 0.577. The molecule has 1 aromatic carbocycles. The topological polar surface area (TPSA) is 87.8 Å². The Balaban J connectivity index is 1.30. The number of urea groups is 1. The van der Waals surface area contributed by atoms with E-state index in [2.05, 4.69) is 64.0 Å². The quantitative estimate of drug-likeness (QED) is 0.591. The third-order valence-corrected chi connectivity index (χ3v) is 7.07. The number of nitrogens with one attached hydrogen (secondary N) is 2. The minimum Gasteiger partial charge on any atom is -0.369 e. The van der Waals surface area contributed by atoms with Crippen LogP contribution in [0.3, 0.4) is 0 Å². The highest BCUT2D eigenvalue weighted by Crippen LogP contribution is 2.21. The summed E-state index contributed by atoms with van der Waals surface area (Å²) in [5.41, 5.74) is 4.59. The van der Waals surface area contributed by atoms with Gasteiger partial charge in [-0.25, -0.2) is 9.78 Å². The third kappa shape index (κ3) is 6.54. The highest BCUT2D eigenvalue weighted by Gasteiger charge is 2.23. The van der Waals surface area contributed by atoms with Crippen molar-refractivity contribution in [3.05, 3.63) is 51.4 Å². The average Bonchev–Trinajstić information content (AvgIpc) is 2.86. The lowest BCUT2D eigenvalue weighted by atomic mass is 10.1. The van der Waals surface area contributed by atoms with Gasteiger partial charge in [-0.2, -0.15) is 0 Å². The summed E-state index contributed by atoms with van der Waals surface area (Å²) < 4.78 is 0. The molecule has 0 unspecified atom stereocenters. The molecule has 2 aromatic rings. The van der Waals surface area contributed by atoms with Crippen molar-refractivity contribution in [1.29, 1.82) is 0 Å². The Morgan fingerprint density at radius 3 is 2.37 bits per heavy atom. The first kappa shape index (κ1) is 25.0. The summed E-state index contributed by atoms with van der Waals surface area (Å²) in [5, 5.41) is 2.98. The van der Waals surface area contributed by atoms with E-state index in [0.29, 0.717) is 45.2 Å². The van der Waals surface area contributed by atoms with Crippen molar-refractivity contribution in [2.45, 2.75) is 40.2 Å². The van der Waals surface area contributed by atoms with E-state index in [4.69, 9.17) is 4.98 Å². The zero-order chi connectivity index (χ0) is 24.8. The molecule has 2 N–H and O–H groups in total. The number of aryl methyl sites for hydroxylation is 2. The SMILES string of the molecule is CCCCNC(=O)N1CCN(c2nc(CN3CCN(c4ccc(C)c(C)c4)CC3)cc(=O)[nH]2)CC1. The number of unbranched alkanes of at least 4 members (excludes halogenated alkanes) is 1. The molecule has 0 radical (unpaired) electrons. The van der Waals surface area contributed by atoms with Gasteiger partial charge in [-0.3, -0.25) is 14.7 Å². The van der Waals surface area contributed by atoms with Crippen LogP contribution in [0.5, 0.6) is 0 Å². The molecule has 0 atom stereocenters. The molecule has 2 aliphatic heterocycles. The number of carbonyl (C=O) groups excluding carboxylic acids is 1. The molecule has 2 amide bonds. The Morgan fingerprint density at radius 1 is 0.971 bits per heavy atom. The van der Waals surface area contributed by atoms with E-state index < -0.39 is 0 Å². The van der Waals surface area contributed by atoms with Crippen molar-refractivity contribution in [3.63, 3.8) is 0 Å². The molecule has 0 bridgehead atoms. The Hall–Kier alpha value is -3.07. The van der Waals surface area contributed by atoms with Crippen LogP contribution in [0.1, 0.15) is 36.6 Å². The van der Waals surface area contributed by atoms with Crippen LogP contribution in [0.4, 0.5) is 16.4 Å². The summed E-state index contributed by atoms with van der Waals surface area (Å²) in [6, 6.07) is 8.27. The monoisotopic (exact) mass is 481 g/mol. The van der Waals surface area contributed by atoms with E-state index in [9.17, 15) is 9.59 Å². The summed E-state index contributed by atoms with van der Waals surface area (Å²) in [7, 11) is 0. The predicted octanol–water partition coefficient (Wildman–Crippen LogP) is 2.34. The number of piperazine rings is 2. The number of nitrogens with zero attached hydrogens (tertiary/aromatic N) is 5. The van der Waals surface area contributed by atoms with Gasteiger partial charge in [0, 0.05) is 77.2 Å². The van der Waals surface area contributed by atoms with Gasteiger partial charge in [-0.05, 0) is 43.5 Å². The second-order valence-electron chi connectivity index (χ2n) is 9.65. The molecule has 1 aromatic heterocycles. The molecule has 9 nitrogen and oxygen atoms in total. The first-order valence-corrected chi connectivity index (χ1v) is 12.9. The van der Waals surface area contributed by atoms with Gasteiger partial charge in [-0.1, -0.05) is 19.4 Å². The van der Waals surface area contributed by atoms with E-state index in [1.54, 1.807) is 6.07 Å². The van der Waals surface area contributed by atoms with Crippen LogP contribution in [0.2, 0.25) is 0 Å². The lowest BCUT2D eigenvalue weighted by Crippen LogP contribution is -2.52. The summed E-state index contributed by atoms with van der Waals surface area (Å²) in [4.78, 5) is 41.1. The van der Waals surface area contributed by atoms with Gasteiger partial charge in [0.1, 0.15) is 0 Å². The van der Waals surface area contributed by atoms with Gasteiger partial charge in [0.05, 0.1) is 5.69 Å². The zero-order valence-electron chi connectivity index (χ0n) is 21.3. The molecular formula is C26H39N7O2. The number of rotatable bonds is 7. The second kappa shape index (κ2) is 11.6. The minimum atomic E-state index is -0.126. The largest absolute Gasteiger partial charge is 0.369 e. The van der Waals surface area contributed by atoms with E-state index in [1.165, 1.54) is 16.8 Å². The standard InChI is InChI=1S/C26H39N7O2/c1-4-5-8-27-26(35)33-15-13-32(14-16-33)25-28-22(18-24(34)29-25)19-30-9-11-31(12-10-30)23-7-6-20(2)21(3)17-23/h6-7,17-18H,4-5,8-16,19H2,1-3H3,(H,27,35)(H,28,29,34). The Bertz CT molecular complexity index is 1050. The molecule has 2 saturated heterocycles. The molecular weight excluding hydrogens is 442 g/mol. The summed E-state index contributed by atoms with van der Waals surface area (Å²) in [5.74, 6) is 0.604. The lowest BCUT2D eigenvalue weighted by molar-refractivity contribution is 0.194. The molecule has 0 spiro atoms. The molecule has 9 heteroatoms. The number of benzene rings is 1. The van der Waals surface area contributed by atoms with E-state index in [1.807, 2.05) is 4.90 Å². The number of H-pyrrole nitrogens is 1. The van der Waals surface area contributed by atoms with Crippen LogP contribution in [-0.2, 0) is 6.54 Å². The lowest BCUT2D eigenvalue weighted by Gasteiger charge is -2.36. The normalized spacial score (nSPS) is 17.1. The number of aromatic nitrogens is 2. The van der Waals surface area contributed by atoms with Gasteiger partial charge in [0.25, 0.3) is 5.56 Å². The molecule has 35 heavy (non-hydrogen) atoms. The second-order valence-corrected chi connectivity index (χ2v) is 9.65. The van der Waals surface area contributed by atoms with Crippen LogP contribution >= 0.6 is 0 Å². The number of aromatic amines is 1. The fourth-order valence-corrected chi connectivity index (χ4v) is 4.65. The van der Waals surface area contributed by atoms with E-state index in [0.717, 1.165) is 44.7 Å². The van der Waals surface area contributed by atoms with Gasteiger partial charge >= 0.3 is 6.03 Å². The highest BCUT2D eigenvalue weighted by atomic mass is 16.2. The molecule has 4 rings (SSSR count). The van der Waals surface area contributed by atoms with Crippen molar-refractivity contribution in [3.8, 4) is 0 Å². The maximum absolute atomic E-state index is 12.4. The van der Waals surface area contributed by atoms with Gasteiger partial charge < -0.3 is 20.0 Å². The highest BCUT2D eigenvalue weighted by molar-refractivity contribution is 5.74. The first-order valence-electron chi connectivity index (χ1n) is 12.9. The van der Waals surface area contributed by atoms with Crippen LogP contribution in [0.15, 0.2) is 29.1 Å². The summed E-state index contributed by atoms with van der Waals surface area (Å²) in [6.45, 7) is 14.1. The maximum atomic E-state index is 12.4. The van der Waals surface area contributed by atoms with Crippen LogP contribution in [0.25, 0.3) is 0 Å². The fourth-order valence-electron chi connectivity index (χ4n) is 4.65. The molecule has 2 fully saturated rings. The Kier molecular flexibility index (Phi) is 8.28. The zero-order valence-corrected chi connectivity index (χ0v) is 21.3. The van der Waals surface area contributed by atoms with Crippen molar-refractivity contribution >= 4 is 17.7 Å². The van der Waals surface area contributed by atoms with E-state index in [-0.39, 0.29) is 11.6 Å². The van der Waals surface area contributed by atoms with E-state index >= 15 is 0 Å². The molecule has 0 saturated carbocycles. The number of hydrogen-bond acceptors (Lipinski definition) is 6. The molecule has 2 aliphatic rings. The Morgan fingerprint density at radius 2 is 1.69 bits per heavy atom. The van der Waals surface area contributed by atoms with Crippen molar-refractivity contribution < 1.29 is 4.79 Å². The molecule has 0 aliphatic carbocycles. The first-order chi connectivity index (χ1) is 16.9. The molecule has 190 valence electrons. The van der Waals surface area contributed by atoms with Gasteiger partial charge in [0.15, 0.2) is 0 Å². The van der Waals surface area contributed by atoms with Crippen molar-refractivity contribution in [2.24, 2.45) is 0 Å². The van der Waals surface area contributed by atoms with Crippen LogP contribution < -0.4 is 20.7 Å². The smallest absolute Gasteiger partial charge is 0.317 e. The van der Waals surface area contributed by atoms with Crippen molar-refractivity contribution in [2.75, 3.05) is 68.7 Å². The predicted molar refractivity (Wildman–Crippen MR) is 140 cm³/mol.